The number of ether oxygens (including phenoxy) is 2. The van der Waals surface area contributed by atoms with E-state index in [2.05, 4.69) is 15.8 Å². The minimum atomic E-state index is -0.856. The van der Waals surface area contributed by atoms with Crippen molar-refractivity contribution in [3.63, 3.8) is 0 Å². The lowest BCUT2D eigenvalue weighted by Gasteiger charge is -2.13. The summed E-state index contributed by atoms with van der Waals surface area (Å²) >= 11 is 0. The molecule has 2 aromatic carbocycles. The maximum absolute atomic E-state index is 12.0. The first-order valence-electron chi connectivity index (χ1n) is 7.96. The van der Waals surface area contributed by atoms with Crippen LogP contribution in [0.5, 0.6) is 11.5 Å². The van der Waals surface area contributed by atoms with E-state index in [4.69, 9.17) is 9.47 Å². The Labute approximate surface area is 152 Å². The van der Waals surface area contributed by atoms with Crippen LogP contribution in [0.25, 0.3) is 0 Å². The zero-order valence-corrected chi connectivity index (χ0v) is 14.9. The molecule has 0 aliphatic carbocycles. The second-order valence-electron chi connectivity index (χ2n) is 5.41. The number of hydrazone groups is 1. The molecular formula is C19H21N3O4. The highest BCUT2D eigenvalue weighted by Crippen LogP contribution is 2.22. The van der Waals surface area contributed by atoms with Gasteiger partial charge < -0.3 is 14.8 Å². The van der Waals surface area contributed by atoms with Crippen LogP contribution in [0.1, 0.15) is 24.1 Å². The molecular weight excluding hydrogens is 334 g/mol. The lowest BCUT2D eigenvalue weighted by molar-refractivity contribution is -0.139. The minimum absolute atomic E-state index is 0.295. The van der Waals surface area contributed by atoms with Crippen LogP contribution in [0.15, 0.2) is 53.6 Å². The second-order valence-corrected chi connectivity index (χ2v) is 5.41. The maximum Gasteiger partial charge on any atom is 0.329 e. The normalized spacial score (nSPS) is 11.7. The highest BCUT2D eigenvalue weighted by molar-refractivity contribution is 6.35. The number of methoxy groups -OCH3 is 2. The molecule has 1 atom stereocenters. The molecule has 136 valence electrons. The van der Waals surface area contributed by atoms with Crippen molar-refractivity contribution in [3.05, 3.63) is 59.7 Å². The zero-order valence-electron chi connectivity index (χ0n) is 14.9. The van der Waals surface area contributed by atoms with Crippen LogP contribution in [0.3, 0.4) is 0 Å². The number of rotatable bonds is 6. The highest BCUT2D eigenvalue weighted by Gasteiger charge is 2.16. The third kappa shape index (κ3) is 5.07. The number of hydrogen-bond donors (Lipinski definition) is 2. The smallest absolute Gasteiger partial charge is 0.329 e. The Kier molecular flexibility index (Phi) is 6.73. The van der Waals surface area contributed by atoms with Gasteiger partial charge in [0.2, 0.25) is 0 Å². The molecule has 0 aliphatic heterocycles. The van der Waals surface area contributed by atoms with Crippen LogP contribution in [0.2, 0.25) is 0 Å². The van der Waals surface area contributed by atoms with Gasteiger partial charge in [-0.15, -0.1) is 0 Å². The number of amides is 2. The van der Waals surface area contributed by atoms with Crippen molar-refractivity contribution >= 4 is 18.0 Å². The quantitative estimate of drug-likeness (QED) is 0.471. The summed E-state index contributed by atoms with van der Waals surface area (Å²) in [5.74, 6) is -0.444. The van der Waals surface area contributed by atoms with Gasteiger partial charge in [-0.2, -0.15) is 5.10 Å². The van der Waals surface area contributed by atoms with Crippen LogP contribution >= 0.6 is 0 Å². The van der Waals surface area contributed by atoms with Crippen molar-refractivity contribution in [3.8, 4) is 11.5 Å². The first-order valence-corrected chi connectivity index (χ1v) is 7.96. The van der Waals surface area contributed by atoms with Gasteiger partial charge in [-0.05, 0) is 30.7 Å². The Bertz CT molecular complexity index is 791. The van der Waals surface area contributed by atoms with Gasteiger partial charge in [-0.25, -0.2) is 5.43 Å². The van der Waals surface area contributed by atoms with E-state index in [1.54, 1.807) is 32.2 Å². The minimum Gasteiger partial charge on any atom is -0.497 e. The fraction of sp³-hybridized carbons (Fsp3) is 0.211. The van der Waals surface area contributed by atoms with E-state index in [-0.39, 0.29) is 6.04 Å². The Morgan fingerprint density at radius 1 is 1.04 bits per heavy atom. The molecule has 0 aromatic heterocycles. The Balaban J connectivity index is 1.95. The van der Waals surface area contributed by atoms with Gasteiger partial charge in [0.15, 0.2) is 0 Å². The van der Waals surface area contributed by atoms with Crippen molar-refractivity contribution in [2.24, 2.45) is 5.10 Å². The number of nitrogens with one attached hydrogen (secondary N) is 2. The summed E-state index contributed by atoms with van der Waals surface area (Å²) in [4.78, 5) is 23.8. The second kappa shape index (κ2) is 9.22. The summed E-state index contributed by atoms with van der Waals surface area (Å²) in [5, 5.41) is 6.42. The summed E-state index contributed by atoms with van der Waals surface area (Å²) in [6.07, 6.45) is 1.38. The van der Waals surface area contributed by atoms with Crippen LogP contribution in [-0.4, -0.2) is 32.2 Å². The highest BCUT2D eigenvalue weighted by atomic mass is 16.5. The summed E-state index contributed by atoms with van der Waals surface area (Å²) in [6, 6.07) is 14.2. The van der Waals surface area contributed by atoms with E-state index in [0.717, 1.165) is 5.56 Å². The average Bonchev–Trinajstić information content (AvgIpc) is 2.68. The molecule has 2 N–H and O–H groups in total. The molecule has 0 aliphatic rings. The van der Waals surface area contributed by atoms with Crippen molar-refractivity contribution < 1.29 is 19.1 Å². The average molecular weight is 355 g/mol. The molecule has 26 heavy (non-hydrogen) atoms. The third-order valence-corrected chi connectivity index (χ3v) is 3.66. The molecule has 1 unspecified atom stereocenters. The molecule has 0 bridgehead atoms. The van der Waals surface area contributed by atoms with Gasteiger partial charge in [0.05, 0.1) is 26.5 Å². The van der Waals surface area contributed by atoms with E-state index < -0.39 is 11.8 Å². The number of benzene rings is 2. The monoisotopic (exact) mass is 355 g/mol. The third-order valence-electron chi connectivity index (χ3n) is 3.66. The predicted octanol–water partition coefficient (Wildman–Crippen LogP) is 2.03. The van der Waals surface area contributed by atoms with E-state index >= 15 is 0 Å². The summed E-state index contributed by atoms with van der Waals surface area (Å²) < 4.78 is 10.3. The van der Waals surface area contributed by atoms with Gasteiger partial charge in [0, 0.05) is 5.56 Å². The largest absolute Gasteiger partial charge is 0.497 e. The van der Waals surface area contributed by atoms with E-state index in [1.165, 1.54) is 13.3 Å². The molecule has 2 rings (SSSR count). The molecule has 7 heteroatoms. The van der Waals surface area contributed by atoms with Crippen LogP contribution in [-0.2, 0) is 9.59 Å². The maximum atomic E-state index is 12.0. The first kappa shape index (κ1) is 19.0. The van der Waals surface area contributed by atoms with Gasteiger partial charge in [0.1, 0.15) is 11.5 Å². The number of hydrogen-bond acceptors (Lipinski definition) is 5. The molecule has 7 nitrogen and oxygen atoms in total. The Morgan fingerprint density at radius 3 is 2.42 bits per heavy atom. The van der Waals surface area contributed by atoms with Crippen molar-refractivity contribution in [2.45, 2.75) is 13.0 Å². The Hall–Kier alpha value is -3.35. The SMILES string of the molecule is COc1ccc(OC)c(/C=N/NC(=O)C(=O)NC(C)c2ccccc2)c1. The van der Waals surface area contributed by atoms with E-state index in [9.17, 15) is 9.59 Å². The number of carbonyl (C=O) groups is 2. The lowest BCUT2D eigenvalue weighted by Crippen LogP contribution is -2.39. The molecule has 2 amide bonds. The van der Waals surface area contributed by atoms with Gasteiger partial charge in [-0.3, -0.25) is 9.59 Å². The molecule has 2 aromatic rings. The molecule has 0 saturated carbocycles. The fourth-order valence-corrected chi connectivity index (χ4v) is 2.24. The molecule has 0 spiro atoms. The van der Waals surface area contributed by atoms with Crippen molar-refractivity contribution in [1.29, 1.82) is 0 Å². The van der Waals surface area contributed by atoms with Crippen LogP contribution < -0.4 is 20.2 Å². The predicted molar refractivity (Wildman–Crippen MR) is 98.3 cm³/mol. The number of carbonyl (C=O) groups excluding carboxylic acids is 2. The Morgan fingerprint density at radius 2 is 1.77 bits per heavy atom. The molecule has 0 fully saturated rings. The van der Waals surface area contributed by atoms with Gasteiger partial charge in [0.25, 0.3) is 0 Å². The van der Waals surface area contributed by atoms with Crippen molar-refractivity contribution in [1.82, 2.24) is 10.7 Å². The molecule has 0 radical (unpaired) electrons. The molecule has 0 saturated heterocycles. The lowest BCUT2D eigenvalue weighted by atomic mass is 10.1. The fourth-order valence-electron chi connectivity index (χ4n) is 2.24. The standard InChI is InChI=1S/C19H21N3O4/c1-13(14-7-5-4-6-8-14)21-18(23)19(24)22-20-12-15-11-16(25-2)9-10-17(15)26-3/h4-13H,1-3H3,(H,21,23)(H,22,24)/b20-12+. The van der Waals surface area contributed by atoms with E-state index in [0.29, 0.717) is 17.1 Å². The van der Waals surface area contributed by atoms with Crippen LogP contribution in [0.4, 0.5) is 0 Å². The topological polar surface area (TPSA) is 89.0 Å². The van der Waals surface area contributed by atoms with Crippen LogP contribution in [0, 0.1) is 0 Å². The number of nitrogens with zero attached hydrogens (tertiary/aromatic N) is 1. The molecule has 0 heterocycles. The van der Waals surface area contributed by atoms with Gasteiger partial charge >= 0.3 is 11.8 Å². The van der Waals surface area contributed by atoms with Crippen molar-refractivity contribution in [2.75, 3.05) is 14.2 Å². The zero-order chi connectivity index (χ0) is 18.9. The summed E-state index contributed by atoms with van der Waals surface area (Å²) in [7, 11) is 3.07. The summed E-state index contributed by atoms with van der Waals surface area (Å²) in [5.41, 5.74) is 3.70. The van der Waals surface area contributed by atoms with E-state index in [1.807, 2.05) is 30.3 Å². The summed E-state index contributed by atoms with van der Waals surface area (Å²) in [6.45, 7) is 1.80. The van der Waals surface area contributed by atoms with Gasteiger partial charge in [-0.1, -0.05) is 30.3 Å². The first-order chi connectivity index (χ1) is 12.5.